The van der Waals surface area contributed by atoms with Crippen LogP contribution in [0.25, 0.3) is 0 Å². The number of alkyl carbamates (subject to hydrolysis) is 1. The molecule has 0 bridgehead atoms. The van der Waals surface area contributed by atoms with Gasteiger partial charge in [-0.3, -0.25) is 9.59 Å². The van der Waals surface area contributed by atoms with Crippen LogP contribution < -0.4 is 15.4 Å². The third-order valence-corrected chi connectivity index (χ3v) is 4.72. The molecule has 2 rings (SSSR count). The van der Waals surface area contributed by atoms with Crippen LogP contribution in [-0.2, 0) is 14.3 Å². The van der Waals surface area contributed by atoms with Gasteiger partial charge >= 0.3 is 6.09 Å². The number of halogens is 1. The molecule has 166 valence electrons. The molecule has 0 spiro atoms. The van der Waals surface area contributed by atoms with E-state index in [-0.39, 0.29) is 24.4 Å². The van der Waals surface area contributed by atoms with Gasteiger partial charge in [0.25, 0.3) is 5.91 Å². The van der Waals surface area contributed by atoms with Crippen molar-refractivity contribution in [1.29, 1.82) is 0 Å². The first kappa shape index (κ1) is 23.8. The molecule has 1 aliphatic rings. The SMILES string of the molecule is CC(Oc1ccc(Cl)cc1)C(=O)NC1CCN(C(=O)CNC(=O)OC(C)(C)C)CC1. The normalized spacial score (nSPS) is 15.8. The minimum Gasteiger partial charge on any atom is -0.481 e. The molecular weight excluding hydrogens is 410 g/mol. The quantitative estimate of drug-likeness (QED) is 0.710. The Bertz CT molecular complexity index is 740. The summed E-state index contributed by atoms with van der Waals surface area (Å²) < 4.78 is 10.8. The van der Waals surface area contributed by atoms with Crippen LogP contribution in [0.4, 0.5) is 4.79 Å². The maximum absolute atomic E-state index is 12.4. The van der Waals surface area contributed by atoms with Crippen LogP contribution in [0.2, 0.25) is 5.02 Å². The first-order chi connectivity index (χ1) is 14.0. The number of hydrogen-bond donors (Lipinski definition) is 2. The van der Waals surface area contributed by atoms with E-state index in [1.54, 1.807) is 56.9 Å². The Morgan fingerprint density at radius 2 is 1.77 bits per heavy atom. The average molecular weight is 440 g/mol. The molecule has 1 aromatic carbocycles. The van der Waals surface area contributed by atoms with E-state index in [1.807, 2.05) is 0 Å². The van der Waals surface area contributed by atoms with Crippen molar-refractivity contribution in [1.82, 2.24) is 15.5 Å². The van der Waals surface area contributed by atoms with Crippen molar-refractivity contribution in [3.63, 3.8) is 0 Å². The van der Waals surface area contributed by atoms with E-state index in [0.717, 1.165) is 0 Å². The number of hydrogen-bond acceptors (Lipinski definition) is 5. The zero-order valence-corrected chi connectivity index (χ0v) is 18.6. The van der Waals surface area contributed by atoms with E-state index in [9.17, 15) is 14.4 Å². The Morgan fingerprint density at radius 3 is 2.33 bits per heavy atom. The number of nitrogens with one attached hydrogen (secondary N) is 2. The van der Waals surface area contributed by atoms with Crippen molar-refractivity contribution in [3.05, 3.63) is 29.3 Å². The third kappa shape index (κ3) is 8.10. The summed E-state index contributed by atoms with van der Waals surface area (Å²) in [7, 11) is 0. The third-order valence-electron chi connectivity index (χ3n) is 4.47. The Balaban J connectivity index is 1.70. The maximum atomic E-state index is 12.4. The molecule has 1 unspecified atom stereocenters. The number of carbonyl (C=O) groups is 3. The minimum absolute atomic E-state index is 0.0309. The molecular formula is C21H30ClN3O5. The summed E-state index contributed by atoms with van der Waals surface area (Å²) in [5.41, 5.74) is -0.613. The predicted molar refractivity (Wildman–Crippen MR) is 114 cm³/mol. The topological polar surface area (TPSA) is 97.0 Å². The lowest BCUT2D eigenvalue weighted by Crippen LogP contribution is -2.51. The number of ether oxygens (including phenoxy) is 2. The fourth-order valence-electron chi connectivity index (χ4n) is 2.94. The van der Waals surface area contributed by atoms with Gasteiger partial charge in [0.2, 0.25) is 5.91 Å². The van der Waals surface area contributed by atoms with Crippen LogP contribution in [0.1, 0.15) is 40.5 Å². The van der Waals surface area contributed by atoms with Gasteiger partial charge < -0.3 is 25.0 Å². The molecule has 1 saturated heterocycles. The predicted octanol–water partition coefficient (Wildman–Crippen LogP) is 2.74. The van der Waals surface area contributed by atoms with Crippen LogP contribution in [0.15, 0.2) is 24.3 Å². The van der Waals surface area contributed by atoms with Crippen LogP contribution >= 0.6 is 11.6 Å². The van der Waals surface area contributed by atoms with E-state index >= 15 is 0 Å². The second kappa shape index (κ2) is 10.5. The maximum Gasteiger partial charge on any atom is 0.408 e. The Morgan fingerprint density at radius 1 is 1.17 bits per heavy atom. The first-order valence-electron chi connectivity index (χ1n) is 10.0. The number of piperidine rings is 1. The van der Waals surface area contributed by atoms with E-state index < -0.39 is 17.8 Å². The van der Waals surface area contributed by atoms with Gasteiger partial charge in [-0.25, -0.2) is 4.79 Å². The number of nitrogens with zero attached hydrogens (tertiary/aromatic N) is 1. The van der Waals surface area contributed by atoms with Crippen molar-refractivity contribution in [2.75, 3.05) is 19.6 Å². The average Bonchev–Trinajstić information content (AvgIpc) is 2.67. The highest BCUT2D eigenvalue weighted by molar-refractivity contribution is 6.30. The van der Waals surface area contributed by atoms with Gasteiger partial charge in [0, 0.05) is 24.2 Å². The van der Waals surface area contributed by atoms with Gasteiger partial charge in [0.05, 0.1) is 0 Å². The second-order valence-electron chi connectivity index (χ2n) is 8.23. The van der Waals surface area contributed by atoms with Crippen molar-refractivity contribution in [2.24, 2.45) is 0 Å². The summed E-state index contributed by atoms with van der Waals surface area (Å²) in [6, 6.07) is 6.79. The zero-order valence-electron chi connectivity index (χ0n) is 17.9. The zero-order chi connectivity index (χ0) is 22.3. The lowest BCUT2D eigenvalue weighted by Gasteiger charge is -2.33. The molecule has 0 aromatic heterocycles. The fraction of sp³-hybridized carbons (Fsp3) is 0.571. The van der Waals surface area contributed by atoms with Crippen LogP contribution in [0, 0.1) is 0 Å². The van der Waals surface area contributed by atoms with Gasteiger partial charge in [-0.2, -0.15) is 0 Å². The summed E-state index contributed by atoms with van der Waals surface area (Å²) in [5.74, 6) is 0.186. The van der Waals surface area contributed by atoms with Crippen LogP contribution in [0.5, 0.6) is 5.75 Å². The molecule has 1 atom stereocenters. The molecule has 1 fully saturated rings. The summed E-state index contributed by atoms with van der Waals surface area (Å²) in [5, 5.41) is 6.04. The summed E-state index contributed by atoms with van der Waals surface area (Å²) in [4.78, 5) is 38.0. The monoisotopic (exact) mass is 439 g/mol. The van der Waals surface area contributed by atoms with Gasteiger partial charge in [-0.1, -0.05) is 11.6 Å². The lowest BCUT2D eigenvalue weighted by atomic mass is 10.0. The van der Waals surface area contributed by atoms with Gasteiger partial charge in [0.15, 0.2) is 6.10 Å². The van der Waals surface area contributed by atoms with Gasteiger partial charge in [-0.05, 0) is 64.8 Å². The first-order valence-corrected chi connectivity index (χ1v) is 10.4. The fourth-order valence-corrected chi connectivity index (χ4v) is 3.06. The lowest BCUT2D eigenvalue weighted by molar-refractivity contribution is -0.132. The van der Waals surface area contributed by atoms with Gasteiger partial charge in [-0.15, -0.1) is 0 Å². The summed E-state index contributed by atoms with van der Waals surface area (Å²) >= 11 is 5.84. The summed E-state index contributed by atoms with van der Waals surface area (Å²) in [6.45, 7) is 7.86. The molecule has 9 heteroatoms. The Hall–Kier alpha value is -2.48. The highest BCUT2D eigenvalue weighted by Gasteiger charge is 2.26. The van der Waals surface area contributed by atoms with Crippen molar-refractivity contribution in [2.45, 2.75) is 58.3 Å². The highest BCUT2D eigenvalue weighted by atomic mass is 35.5. The van der Waals surface area contributed by atoms with Gasteiger partial charge in [0.1, 0.15) is 17.9 Å². The molecule has 1 heterocycles. The van der Waals surface area contributed by atoms with Crippen LogP contribution in [-0.4, -0.2) is 60.2 Å². The number of carbonyl (C=O) groups excluding carboxylic acids is 3. The molecule has 2 N–H and O–H groups in total. The van der Waals surface area contributed by atoms with E-state index in [1.165, 1.54) is 0 Å². The van der Waals surface area contributed by atoms with Crippen molar-refractivity contribution < 1.29 is 23.9 Å². The molecule has 0 radical (unpaired) electrons. The van der Waals surface area contributed by atoms with Crippen molar-refractivity contribution in [3.8, 4) is 5.75 Å². The highest BCUT2D eigenvalue weighted by Crippen LogP contribution is 2.17. The molecule has 3 amide bonds. The standard InChI is InChI=1S/C21H30ClN3O5/c1-14(29-17-7-5-15(22)6-8-17)19(27)24-16-9-11-25(12-10-16)18(26)13-23-20(28)30-21(2,3)4/h5-8,14,16H,9-13H2,1-4H3,(H,23,28)(H,24,27). The number of likely N-dealkylation sites (tertiary alicyclic amines) is 1. The molecule has 8 nitrogen and oxygen atoms in total. The van der Waals surface area contributed by atoms with E-state index in [4.69, 9.17) is 21.1 Å². The number of rotatable bonds is 6. The van der Waals surface area contributed by atoms with E-state index in [0.29, 0.717) is 36.7 Å². The Labute approximate surface area is 182 Å². The van der Waals surface area contributed by atoms with Crippen molar-refractivity contribution >= 4 is 29.5 Å². The minimum atomic E-state index is -0.649. The van der Waals surface area contributed by atoms with E-state index in [2.05, 4.69) is 10.6 Å². The Kier molecular flexibility index (Phi) is 8.34. The molecule has 1 aromatic rings. The van der Waals surface area contributed by atoms with Crippen LogP contribution in [0.3, 0.4) is 0 Å². The molecule has 1 aliphatic heterocycles. The largest absolute Gasteiger partial charge is 0.481 e. The molecule has 0 aliphatic carbocycles. The second-order valence-corrected chi connectivity index (χ2v) is 8.67. The number of amides is 3. The molecule has 0 saturated carbocycles. The smallest absolute Gasteiger partial charge is 0.408 e. The number of benzene rings is 1. The summed E-state index contributed by atoms with van der Waals surface area (Å²) in [6.07, 6.45) is 0.00589. The molecule has 30 heavy (non-hydrogen) atoms.